The van der Waals surface area contributed by atoms with E-state index in [1.807, 2.05) is 32.9 Å². The molecule has 2 aromatic rings. The number of alkyl carbamates (subject to hydrolysis) is 1. The van der Waals surface area contributed by atoms with Gasteiger partial charge in [0, 0.05) is 18.0 Å². The van der Waals surface area contributed by atoms with E-state index < -0.39 is 11.7 Å². The van der Waals surface area contributed by atoms with Crippen LogP contribution in [0.3, 0.4) is 0 Å². The minimum atomic E-state index is -0.552. The van der Waals surface area contributed by atoms with Gasteiger partial charge in [-0.05, 0) is 51.7 Å². The number of hydrogen-bond acceptors (Lipinski definition) is 6. The van der Waals surface area contributed by atoms with Crippen molar-refractivity contribution in [3.8, 4) is 11.4 Å². The maximum Gasteiger partial charge on any atom is 0.408 e. The molecule has 3 rings (SSSR count). The summed E-state index contributed by atoms with van der Waals surface area (Å²) in [5.41, 5.74) is 0.223. The first-order valence-corrected chi connectivity index (χ1v) is 8.16. The molecular formula is C17H22N4O3. The molecule has 0 radical (unpaired) electrons. The average Bonchev–Trinajstić information content (AvgIpc) is 2.93. The van der Waals surface area contributed by atoms with Gasteiger partial charge in [0.25, 0.3) is 0 Å². The van der Waals surface area contributed by atoms with Gasteiger partial charge >= 0.3 is 6.09 Å². The fourth-order valence-corrected chi connectivity index (χ4v) is 2.56. The summed E-state index contributed by atoms with van der Waals surface area (Å²) in [6.45, 7) is 5.49. The van der Waals surface area contributed by atoms with Gasteiger partial charge in [0.05, 0.1) is 0 Å². The molecule has 2 heterocycles. The van der Waals surface area contributed by atoms with E-state index in [2.05, 4.69) is 20.4 Å². The normalized spacial score (nSPS) is 16.3. The van der Waals surface area contributed by atoms with Crippen molar-refractivity contribution in [3.05, 3.63) is 30.4 Å². The van der Waals surface area contributed by atoms with Gasteiger partial charge in [0.15, 0.2) is 0 Å². The molecule has 0 aliphatic heterocycles. The standard InChI is InChI=1S/C17H22N4O3/c1-17(2,3)23-16(22)19-13(11-6-4-7-11)15-20-14(21-24-15)12-8-5-9-18-10-12/h5,8-11,13H,4,6-7H2,1-3H3,(H,19,22). The molecule has 7 heteroatoms. The lowest BCUT2D eigenvalue weighted by molar-refractivity contribution is 0.0444. The lowest BCUT2D eigenvalue weighted by Crippen LogP contribution is -2.39. The Bertz CT molecular complexity index is 689. The molecule has 7 nitrogen and oxygen atoms in total. The predicted molar refractivity (Wildman–Crippen MR) is 87.0 cm³/mol. The van der Waals surface area contributed by atoms with E-state index in [0.29, 0.717) is 17.6 Å². The number of nitrogens with zero attached hydrogens (tertiary/aromatic N) is 3. The van der Waals surface area contributed by atoms with Gasteiger partial charge in [-0.2, -0.15) is 4.98 Å². The third-order valence-electron chi connectivity index (χ3n) is 3.92. The minimum absolute atomic E-state index is 0.291. The zero-order valence-electron chi connectivity index (χ0n) is 14.2. The van der Waals surface area contributed by atoms with Gasteiger partial charge in [0.2, 0.25) is 11.7 Å². The van der Waals surface area contributed by atoms with Gasteiger partial charge in [-0.25, -0.2) is 4.79 Å². The molecule has 0 saturated heterocycles. The monoisotopic (exact) mass is 330 g/mol. The minimum Gasteiger partial charge on any atom is -0.444 e. The molecule has 128 valence electrons. The fraction of sp³-hybridized carbons (Fsp3) is 0.529. The highest BCUT2D eigenvalue weighted by Gasteiger charge is 2.35. The van der Waals surface area contributed by atoms with Gasteiger partial charge in [-0.15, -0.1) is 0 Å². The molecule has 1 aliphatic rings. The van der Waals surface area contributed by atoms with Gasteiger partial charge < -0.3 is 14.6 Å². The van der Waals surface area contributed by atoms with Crippen molar-refractivity contribution in [2.45, 2.75) is 51.7 Å². The summed E-state index contributed by atoms with van der Waals surface area (Å²) in [6, 6.07) is 3.35. The summed E-state index contributed by atoms with van der Waals surface area (Å²) in [5.74, 6) is 1.16. The maximum atomic E-state index is 12.1. The Balaban J connectivity index is 1.77. The van der Waals surface area contributed by atoms with Crippen LogP contribution < -0.4 is 5.32 Å². The fourth-order valence-electron chi connectivity index (χ4n) is 2.56. The van der Waals surface area contributed by atoms with E-state index in [0.717, 1.165) is 24.8 Å². The first-order valence-electron chi connectivity index (χ1n) is 8.16. The molecule has 1 amide bonds. The number of ether oxygens (including phenoxy) is 1. The summed E-state index contributed by atoms with van der Waals surface area (Å²) in [4.78, 5) is 20.6. The first kappa shape index (κ1) is 16.4. The van der Waals surface area contributed by atoms with Crippen LogP contribution in [-0.2, 0) is 4.74 Å². The summed E-state index contributed by atoms with van der Waals surface area (Å²) in [5, 5.41) is 6.90. The van der Waals surface area contributed by atoms with Gasteiger partial charge in [0.1, 0.15) is 11.6 Å². The van der Waals surface area contributed by atoms with Crippen LogP contribution in [0.15, 0.2) is 29.0 Å². The predicted octanol–water partition coefficient (Wildman–Crippen LogP) is 3.50. The molecule has 1 saturated carbocycles. The summed E-state index contributed by atoms with van der Waals surface area (Å²) >= 11 is 0. The van der Waals surface area contributed by atoms with E-state index >= 15 is 0 Å². The zero-order chi connectivity index (χ0) is 17.2. The second-order valence-corrected chi connectivity index (χ2v) is 7.01. The number of nitrogens with one attached hydrogen (secondary N) is 1. The van der Waals surface area contributed by atoms with Crippen LogP contribution in [0.25, 0.3) is 11.4 Å². The number of rotatable bonds is 4. The number of aromatic nitrogens is 3. The Morgan fingerprint density at radius 1 is 1.42 bits per heavy atom. The van der Waals surface area contributed by atoms with Crippen molar-refractivity contribution < 1.29 is 14.1 Å². The largest absolute Gasteiger partial charge is 0.444 e. The van der Waals surface area contributed by atoms with E-state index in [1.165, 1.54) is 0 Å². The first-order chi connectivity index (χ1) is 11.4. The van der Waals surface area contributed by atoms with Crippen molar-refractivity contribution in [1.29, 1.82) is 0 Å². The molecule has 24 heavy (non-hydrogen) atoms. The number of pyridine rings is 1. The van der Waals surface area contributed by atoms with Crippen molar-refractivity contribution in [3.63, 3.8) is 0 Å². The van der Waals surface area contributed by atoms with Crippen LogP contribution in [0.4, 0.5) is 4.79 Å². The Labute approximate surface area is 140 Å². The maximum absolute atomic E-state index is 12.1. The Kier molecular flexibility index (Phi) is 4.51. The molecule has 1 N–H and O–H groups in total. The SMILES string of the molecule is CC(C)(C)OC(=O)NC(c1nc(-c2cccnc2)no1)C1CCC1. The van der Waals surface area contributed by atoms with E-state index in [4.69, 9.17) is 9.26 Å². The molecule has 0 spiro atoms. The molecule has 1 fully saturated rings. The number of carbonyl (C=O) groups excluding carboxylic acids is 1. The lowest BCUT2D eigenvalue weighted by Gasteiger charge is -2.32. The number of carbonyl (C=O) groups is 1. The second kappa shape index (κ2) is 6.59. The van der Waals surface area contributed by atoms with E-state index in [9.17, 15) is 4.79 Å². The summed E-state index contributed by atoms with van der Waals surface area (Å²) in [6.07, 6.45) is 6.07. The van der Waals surface area contributed by atoms with Crippen LogP contribution in [0.2, 0.25) is 0 Å². The molecule has 1 unspecified atom stereocenters. The Morgan fingerprint density at radius 2 is 2.21 bits per heavy atom. The van der Waals surface area contributed by atoms with Crippen LogP contribution in [0, 0.1) is 5.92 Å². The van der Waals surface area contributed by atoms with Gasteiger partial charge in [-0.3, -0.25) is 4.98 Å². The van der Waals surface area contributed by atoms with Gasteiger partial charge in [-0.1, -0.05) is 11.6 Å². The van der Waals surface area contributed by atoms with Crippen molar-refractivity contribution in [2.75, 3.05) is 0 Å². The lowest BCUT2D eigenvalue weighted by atomic mass is 9.79. The topological polar surface area (TPSA) is 90.1 Å². The quantitative estimate of drug-likeness (QED) is 0.922. The van der Waals surface area contributed by atoms with Crippen LogP contribution >= 0.6 is 0 Å². The zero-order valence-corrected chi connectivity index (χ0v) is 14.2. The summed E-state index contributed by atoms with van der Waals surface area (Å²) in [7, 11) is 0. The molecule has 1 aliphatic carbocycles. The van der Waals surface area contributed by atoms with E-state index in [1.54, 1.807) is 12.4 Å². The van der Waals surface area contributed by atoms with E-state index in [-0.39, 0.29) is 6.04 Å². The number of amides is 1. The van der Waals surface area contributed by atoms with Crippen LogP contribution in [0.1, 0.15) is 52.0 Å². The highest BCUT2D eigenvalue weighted by atomic mass is 16.6. The third-order valence-corrected chi connectivity index (χ3v) is 3.92. The highest BCUT2D eigenvalue weighted by Crippen LogP contribution is 2.37. The highest BCUT2D eigenvalue weighted by molar-refractivity contribution is 5.68. The average molecular weight is 330 g/mol. The second-order valence-electron chi connectivity index (χ2n) is 7.01. The van der Waals surface area contributed by atoms with Crippen molar-refractivity contribution in [1.82, 2.24) is 20.4 Å². The molecule has 1 atom stereocenters. The van der Waals surface area contributed by atoms with Crippen molar-refractivity contribution >= 4 is 6.09 Å². The van der Waals surface area contributed by atoms with Crippen LogP contribution in [-0.4, -0.2) is 26.8 Å². The molecule has 2 aromatic heterocycles. The van der Waals surface area contributed by atoms with Crippen LogP contribution in [0.5, 0.6) is 0 Å². The Hall–Kier alpha value is -2.44. The number of hydrogen-bond donors (Lipinski definition) is 1. The third kappa shape index (κ3) is 3.90. The molecular weight excluding hydrogens is 308 g/mol. The smallest absolute Gasteiger partial charge is 0.408 e. The van der Waals surface area contributed by atoms with Crippen molar-refractivity contribution in [2.24, 2.45) is 5.92 Å². The Morgan fingerprint density at radius 3 is 2.79 bits per heavy atom. The summed E-state index contributed by atoms with van der Waals surface area (Å²) < 4.78 is 10.8. The molecule has 0 bridgehead atoms. The molecule has 0 aromatic carbocycles.